The van der Waals surface area contributed by atoms with Gasteiger partial charge >= 0.3 is 5.97 Å². The summed E-state index contributed by atoms with van der Waals surface area (Å²) in [6.45, 7) is 6.54. The molecule has 0 saturated carbocycles. The molecule has 8 nitrogen and oxygen atoms in total. The molecule has 10 heteroatoms. The minimum atomic E-state index is -0.522. The van der Waals surface area contributed by atoms with Gasteiger partial charge < -0.3 is 19.7 Å². The maximum atomic E-state index is 12.9. The second kappa shape index (κ2) is 11.4. The Kier molecular flexibility index (Phi) is 8.31. The number of morpholine rings is 1. The van der Waals surface area contributed by atoms with Gasteiger partial charge in [-0.05, 0) is 23.5 Å². The molecule has 1 aromatic rings. The monoisotopic (exact) mass is 504 g/mol. The first kappa shape index (κ1) is 24.8. The van der Waals surface area contributed by atoms with Crippen LogP contribution in [0.2, 0.25) is 5.02 Å². The summed E-state index contributed by atoms with van der Waals surface area (Å²) >= 11 is 8.04. The van der Waals surface area contributed by atoms with Gasteiger partial charge in [0, 0.05) is 36.9 Å². The fourth-order valence-electron chi connectivity index (χ4n) is 4.31. The summed E-state index contributed by atoms with van der Waals surface area (Å²) in [6.07, 6.45) is 0.743. The molecular formula is C24H29ClN4O4S. The van der Waals surface area contributed by atoms with E-state index in [0.29, 0.717) is 29.3 Å². The van der Waals surface area contributed by atoms with Crippen molar-refractivity contribution in [2.45, 2.75) is 25.8 Å². The van der Waals surface area contributed by atoms with Crippen molar-refractivity contribution >= 4 is 40.4 Å². The Morgan fingerprint density at radius 3 is 2.76 bits per heavy atom. The van der Waals surface area contributed by atoms with E-state index in [9.17, 15) is 9.59 Å². The van der Waals surface area contributed by atoms with Crippen LogP contribution < -0.4 is 5.32 Å². The quantitative estimate of drug-likeness (QED) is 0.544. The number of nitrogens with one attached hydrogen (secondary N) is 1. The van der Waals surface area contributed by atoms with Crippen molar-refractivity contribution in [3.8, 4) is 0 Å². The number of methoxy groups -OCH3 is 1. The molecule has 1 amide bonds. The molecule has 3 aliphatic rings. The van der Waals surface area contributed by atoms with Crippen molar-refractivity contribution < 1.29 is 19.1 Å². The summed E-state index contributed by atoms with van der Waals surface area (Å²) in [5.74, 6) is -0.528. The highest BCUT2D eigenvalue weighted by atomic mass is 35.5. The average Bonchev–Trinajstić information content (AvgIpc) is 3.25. The zero-order valence-electron chi connectivity index (χ0n) is 19.4. The van der Waals surface area contributed by atoms with E-state index in [1.165, 1.54) is 18.9 Å². The molecule has 1 N–H and O–H groups in total. The van der Waals surface area contributed by atoms with E-state index in [1.54, 1.807) is 6.07 Å². The minimum absolute atomic E-state index is 0.0795. The Morgan fingerprint density at radius 1 is 1.29 bits per heavy atom. The molecule has 1 atom stereocenters. The summed E-state index contributed by atoms with van der Waals surface area (Å²) in [6, 6.07) is 6.91. The lowest BCUT2D eigenvalue weighted by Crippen LogP contribution is -2.42. The van der Waals surface area contributed by atoms with Crippen LogP contribution in [0.15, 0.2) is 51.6 Å². The third-order valence-electron chi connectivity index (χ3n) is 6.02. The number of benzene rings is 1. The van der Waals surface area contributed by atoms with Gasteiger partial charge in [-0.15, -0.1) is 0 Å². The molecule has 0 bridgehead atoms. The largest absolute Gasteiger partial charge is 0.466 e. The molecule has 3 aliphatic heterocycles. The number of allylic oxidation sites excluding steroid dienone is 1. The molecule has 1 unspecified atom stereocenters. The van der Waals surface area contributed by atoms with Crippen molar-refractivity contribution in [2.75, 3.05) is 46.5 Å². The number of carbonyl (C=O) groups is 2. The normalized spacial score (nSPS) is 20.6. The number of hydrogen-bond donors (Lipinski definition) is 1. The lowest BCUT2D eigenvalue weighted by atomic mass is 9.93. The van der Waals surface area contributed by atoms with Crippen molar-refractivity contribution in [3.63, 3.8) is 0 Å². The molecule has 0 aromatic heterocycles. The Bertz CT molecular complexity index is 1040. The Morgan fingerprint density at radius 2 is 2.06 bits per heavy atom. The van der Waals surface area contributed by atoms with Crippen LogP contribution in [0.4, 0.5) is 0 Å². The topological polar surface area (TPSA) is 83.5 Å². The maximum absolute atomic E-state index is 12.9. The third kappa shape index (κ3) is 5.33. The van der Waals surface area contributed by atoms with Gasteiger partial charge in [0.15, 0.2) is 5.17 Å². The van der Waals surface area contributed by atoms with Crippen LogP contribution >= 0.6 is 23.4 Å². The molecule has 4 rings (SSSR count). The maximum Gasteiger partial charge on any atom is 0.338 e. The molecule has 34 heavy (non-hydrogen) atoms. The fraction of sp³-hybridized carbons (Fsp3) is 0.458. The number of nitrogens with zero attached hydrogens (tertiary/aromatic N) is 3. The highest BCUT2D eigenvalue weighted by Crippen LogP contribution is 2.46. The second-order valence-electron chi connectivity index (χ2n) is 8.10. The number of hydrogen-bond acceptors (Lipinski definition) is 8. The van der Waals surface area contributed by atoms with Crippen LogP contribution in [0.3, 0.4) is 0 Å². The van der Waals surface area contributed by atoms with E-state index in [1.807, 2.05) is 35.4 Å². The van der Waals surface area contributed by atoms with Gasteiger partial charge in [-0.25, -0.2) is 9.79 Å². The predicted molar refractivity (Wildman–Crippen MR) is 133 cm³/mol. The summed E-state index contributed by atoms with van der Waals surface area (Å²) in [7, 11) is 1.36. The van der Waals surface area contributed by atoms with Crippen LogP contribution in [-0.2, 0) is 19.1 Å². The summed E-state index contributed by atoms with van der Waals surface area (Å²) in [5, 5.41) is 6.21. The highest BCUT2D eigenvalue weighted by Gasteiger charge is 2.42. The summed E-state index contributed by atoms with van der Waals surface area (Å²) in [4.78, 5) is 34.7. The van der Waals surface area contributed by atoms with E-state index in [2.05, 4.69) is 10.2 Å². The average molecular weight is 505 g/mol. The number of thioether (sulfide) groups is 1. The number of carbonyl (C=O) groups excluding carboxylic acids is 2. The Hall–Kier alpha value is -2.33. The molecule has 0 aliphatic carbocycles. The van der Waals surface area contributed by atoms with Crippen LogP contribution in [0.1, 0.15) is 31.4 Å². The molecular weight excluding hydrogens is 476 g/mol. The number of esters is 1. The molecule has 182 valence electrons. The minimum Gasteiger partial charge on any atom is -0.466 e. The molecule has 1 fully saturated rings. The van der Waals surface area contributed by atoms with Crippen LogP contribution in [0, 0.1) is 0 Å². The van der Waals surface area contributed by atoms with Gasteiger partial charge in [-0.2, -0.15) is 0 Å². The number of rotatable bonds is 8. The summed E-state index contributed by atoms with van der Waals surface area (Å²) in [5.41, 5.74) is 2.65. The van der Waals surface area contributed by atoms with E-state index >= 15 is 0 Å². The SMILES string of the molecule is CCC1=C(C(=O)OC)C(c2ccccc2Cl)N2C(CC(=O)NCCN3CCOCC3)=CSC2=N1. The van der Waals surface area contributed by atoms with Gasteiger partial charge in [-0.1, -0.05) is 48.5 Å². The van der Waals surface area contributed by atoms with Crippen LogP contribution in [0.5, 0.6) is 0 Å². The lowest BCUT2D eigenvalue weighted by molar-refractivity contribution is -0.136. The predicted octanol–water partition coefficient (Wildman–Crippen LogP) is 3.32. The van der Waals surface area contributed by atoms with E-state index in [-0.39, 0.29) is 12.3 Å². The van der Waals surface area contributed by atoms with Crippen molar-refractivity contribution in [3.05, 3.63) is 57.2 Å². The molecule has 3 heterocycles. The lowest BCUT2D eigenvalue weighted by Gasteiger charge is -2.37. The first-order chi connectivity index (χ1) is 16.5. The molecule has 0 spiro atoms. The second-order valence-corrected chi connectivity index (χ2v) is 9.35. The fourth-order valence-corrected chi connectivity index (χ4v) is 5.49. The van der Waals surface area contributed by atoms with Gasteiger partial charge in [0.25, 0.3) is 0 Å². The van der Waals surface area contributed by atoms with Crippen LogP contribution in [-0.4, -0.2) is 73.3 Å². The van der Waals surface area contributed by atoms with E-state index < -0.39 is 12.0 Å². The van der Waals surface area contributed by atoms with Gasteiger partial charge in [0.2, 0.25) is 5.91 Å². The zero-order valence-corrected chi connectivity index (χ0v) is 21.0. The van der Waals surface area contributed by atoms with E-state index in [4.69, 9.17) is 26.1 Å². The number of halogens is 1. The Labute approximate surface area is 209 Å². The zero-order chi connectivity index (χ0) is 24.1. The first-order valence-corrected chi connectivity index (χ1v) is 12.7. The third-order valence-corrected chi connectivity index (χ3v) is 7.26. The van der Waals surface area contributed by atoms with Gasteiger partial charge in [0.1, 0.15) is 0 Å². The van der Waals surface area contributed by atoms with Gasteiger partial charge in [0.05, 0.1) is 44.1 Å². The number of ether oxygens (including phenoxy) is 2. The number of fused-ring (bicyclic) bond motifs is 1. The molecule has 1 aromatic carbocycles. The first-order valence-electron chi connectivity index (χ1n) is 11.4. The van der Waals surface area contributed by atoms with Crippen molar-refractivity contribution in [2.24, 2.45) is 4.99 Å². The van der Waals surface area contributed by atoms with Crippen molar-refractivity contribution in [1.82, 2.24) is 15.1 Å². The number of aliphatic imine (C=N–C) groups is 1. The standard InChI is InChI=1S/C24H29ClN4O4S/c1-3-19-21(23(31)32-2)22(17-6-4-5-7-18(17)25)29-16(15-34-24(29)27-19)14-20(30)26-8-9-28-10-12-33-13-11-28/h4-7,15,22H,3,8-14H2,1-2H3,(H,26,30). The van der Waals surface area contributed by atoms with E-state index in [0.717, 1.165) is 49.3 Å². The number of amides is 1. The van der Waals surface area contributed by atoms with Gasteiger partial charge in [-0.3, -0.25) is 9.69 Å². The highest BCUT2D eigenvalue weighted by molar-refractivity contribution is 8.16. The van der Waals surface area contributed by atoms with Crippen LogP contribution in [0.25, 0.3) is 0 Å². The van der Waals surface area contributed by atoms with Crippen molar-refractivity contribution in [1.29, 1.82) is 0 Å². The number of amidine groups is 1. The molecule has 1 saturated heterocycles. The smallest absolute Gasteiger partial charge is 0.338 e. The summed E-state index contributed by atoms with van der Waals surface area (Å²) < 4.78 is 10.5. The molecule has 0 radical (unpaired) electrons. The Balaban J connectivity index is 1.55.